The molecule has 0 saturated carbocycles. The fraction of sp³-hybridized carbons (Fsp3) is 0.219. The Labute approximate surface area is 253 Å². The molecule has 1 unspecified atom stereocenters. The van der Waals surface area contributed by atoms with Gasteiger partial charge in [0.05, 0.1) is 11.2 Å². The molecule has 11 heteroatoms. The lowest BCUT2D eigenvalue weighted by Crippen LogP contribution is -2.44. The Hall–Kier alpha value is -4.90. The molecule has 0 bridgehead atoms. The van der Waals surface area contributed by atoms with E-state index in [4.69, 9.17) is 4.74 Å². The van der Waals surface area contributed by atoms with E-state index in [0.29, 0.717) is 22.5 Å². The van der Waals surface area contributed by atoms with E-state index < -0.39 is 35.2 Å². The highest BCUT2D eigenvalue weighted by Gasteiger charge is 2.24. The number of amides is 3. The molecule has 0 aliphatic carbocycles. The number of anilines is 1. The van der Waals surface area contributed by atoms with Gasteiger partial charge in [-0.2, -0.15) is 0 Å². The number of alkyl carbamates (subject to hydrolysis) is 1. The summed E-state index contributed by atoms with van der Waals surface area (Å²) in [5, 5.41) is 17.7. The number of benzene rings is 3. The molecule has 3 amide bonds. The first-order valence-electron chi connectivity index (χ1n) is 13.7. The highest BCUT2D eigenvalue weighted by Crippen LogP contribution is 2.30. The van der Waals surface area contributed by atoms with Gasteiger partial charge in [0.1, 0.15) is 23.6 Å². The van der Waals surface area contributed by atoms with Crippen molar-refractivity contribution in [2.24, 2.45) is 0 Å². The standard InChI is InChI=1S/C32H32N4O6S/c1-21(31(39)40)43-28-16-8-7-14-25(28)35-29(37)26(15-9-19-33-32(41)42-20-22-10-3-2-4-11-22)36-30(38)27-18-17-23-12-5-6-13-24(23)34-27/h2-8,10-14,16-18,21,26H,9,15,19-20H2,1H3,(H,33,41)(H,35,37)(H,36,38)(H,39,40)/t21?,26-/m0/s1. The minimum atomic E-state index is -0.978. The normalized spacial score (nSPS) is 12.1. The van der Waals surface area contributed by atoms with E-state index in [2.05, 4.69) is 20.9 Å². The summed E-state index contributed by atoms with van der Waals surface area (Å²) in [4.78, 5) is 55.2. The monoisotopic (exact) mass is 600 g/mol. The van der Waals surface area contributed by atoms with E-state index in [1.54, 1.807) is 49.4 Å². The number of hydrogen-bond acceptors (Lipinski definition) is 7. The maximum atomic E-state index is 13.5. The van der Waals surface area contributed by atoms with Gasteiger partial charge in [-0.15, -0.1) is 11.8 Å². The summed E-state index contributed by atoms with van der Waals surface area (Å²) in [5.41, 5.74) is 2.09. The molecule has 222 valence electrons. The number of para-hydroxylation sites is 2. The third-order valence-electron chi connectivity index (χ3n) is 6.40. The van der Waals surface area contributed by atoms with Crippen molar-refractivity contribution in [3.05, 3.63) is 102 Å². The van der Waals surface area contributed by atoms with E-state index in [0.717, 1.165) is 22.7 Å². The maximum Gasteiger partial charge on any atom is 0.407 e. The second-order valence-corrected chi connectivity index (χ2v) is 11.0. The molecule has 1 aromatic heterocycles. The van der Waals surface area contributed by atoms with Crippen molar-refractivity contribution in [3.8, 4) is 0 Å². The minimum Gasteiger partial charge on any atom is -0.480 e. The number of carbonyl (C=O) groups excluding carboxylic acids is 3. The van der Waals surface area contributed by atoms with E-state index in [-0.39, 0.29) is 25.3 Å². The maximum absolute atomic E-state index is 13.5. The van der Waals surface area contributed by atoms with Crippen LogP contribution in [-0.2, 0) is 20.9 Å². The Balaban J connectivity index is 1.42. The molecule has 4 N–H and O–H groups in total. The summed E-state index contributed by atoms with van der Waals surface area (Å²) in [7, 11) is 0. The quantitative estimate of drug-likeness (QED) is 0.120. The van der Waals surface area contributed by atoms with Crippen molar-refractivity contribution in [1.29, 1.82) is 0 Å². The molecule has 0 radical (unpaired) electrons. The number of aromatic nitrogens is 1. The highest BCUT2D eigenvalue weighted by molar-refractivity contribution is 8.00. The van der Waals surface area contributed by atoms with Crippen LogP contribution >= 0.6 is 11.8 Å². The number of carboxylic acids is 1. The third-order valence-corrected chi connectivity index (χ3v) is 7.57. The zero-order chi connectivity index (χ0) is 30.6. The molecule has 0 aliphatic rings. The largest absolute Gasteiger partial charge is 0.480 e. The fourth-order valence-electron chi connectivity index (χ4n) is 4.10. The molecule has 4 aromatic rings. The predicted octanol–water partition coefficient (Wildman–Crippen LogP) is 5.24. The summed E-state index contributed by atoms with van der Waals surface area (Å²) >= 11 is 1.10. The molecule has 0 spiro atoms. The van der Waals surface area contributed by atoms with Crippen molar-refractivity contribution in [2.75, 3.05) is 11.9 Å². The number of fused-ring (bicyclic) bond motifs is 1. The van der Waals surface area contributed by atoms with Crippen molar-refractivity contribution in [2.45, 2.75) is 42.6 Å². The molecule has 0 aliphatic heterocycles. The first kappa shape index (κ1) is 31.0. The Bertz CT molecular complexity index is 1580. The number of rotatable bonds is 13. The van der Waals surface area contributed by atoms with Gasteiger partial charge in [-0.25, -0.2) is 9.78 Å². The second-order valence-electron chi connectivity index (χ2n) is 9.63. The smallest absolute Gasteiger partial charge is 0.407 e. The van der Waals surface area contributed by atoms with E-state index in [1.807, 2.05) is 48.5 Å². The SMILES string of the molecule is CC(Sc1ccccc1NC(=O)[C@H](CCCNC(=O)OCc1ccccc1)NC(=O)c1ccc2ccccc2n1)C(=O)O. The molecule has 0 saturated heterocycles. The second kappa shape index (κ2) is 15.4. The van der Waals surface area contributed by atoms with Crippen LogP contribution in [-0.4, -0.2) is 51.8 Å². The van der Waals surface area contributed by atoms with Crippen molar-refractivity contribution >= 4 is 52.2 Å². The Kier molecular flexibility index (Phi) is 11.1. The lowest BCUT2D eigenvalue weighted by Gasteiger charge is -2.20. The summed E-state index contributed by atoms with van der Waals surface area (Å²) in [5.74, 6) is -1.99. The lowest BCUT2D eigenvalue weighted by molar-refractivity contribution is -0.136. The zero-order valence-electron chi connectivity index (χ0n) is 23.5. The van der Waals surface area contributed by atoms with E-state index in [1.165, 1.54) is 0 Å². The minimum absolute atomic E-state index is 0.129. The van der Waals surface area contributed by atoms with Crippen LogP contribution in [0.2, 0.25) is 0 Å². The third kappa shape index (κ3) is 9.30. The van der Waals surface area contributed by atoms with Gasteiger partial charge in [-0.05, 0) is 49.6 Å². The van der Waals surface area contributed by atoms with Gasteiger partial charge in [0, 0.05) is 16.8 Å². The number of carboxylic acid groups (broad SMARTS) is 1. The van der Waals surface area contributed by atoms with Crippen LogP contribution < -0.4 is 16.0 Å². The summed E-state index contributed by atoms with van der Waals surface area (Å²) < 4.78 is 5.23. The molecule has 3 aromatic carbocycles. The molecule has 10 nitrogen and oxygen atoms in total. The average Bonchev–Trinajstić information content (AvgIpc) is 3.02. The summed E-state index contributed by atoms with van der Waals surface area (Å²) in [6.07, 6.45) is -0.0331. The van der Waals surface area contributed by atoms with Crippen LogP contribution in [0.1, 0.15) is 35.8 Å². The number of thioether (sulfide) groups is 1. The number of hydrogen-bond donors (Lipinski definition) is 4. The molecule has 0 fully saturated rings. The van der Waals surface area contributed by atoms with Gasteiger partial charge >= 0.3 is 12.1 Å². The molecule has 43 heavy (non-hydrogen) atoms. The lowest BCUT2D eigenvalue weighted by atomic mass is 10.1. The topological polar surface area (TPSA) is 147 Å². The molecular weight excluding hydrogens is 568 g/mol. The number of ether oxygens (including phenoxy) is 1. The van der Waals surface area contributed by atoms with Crippen molar-refractivity contribution in [3.63, 3.8) is 0 Å². The van der Waals surface area contributed by atoms with Crippen LogP contribution in [0.15, 0.2) is 95.9 Å². The first-order valence-corrected chi connectivity index (χ1v) is 14.6. The molecule has 2 atom stereocenters. The van der Waals surface area contributed by atoms with Gasteiger partial charge < -0.3 is 25.8 Å². The number of pyridine rings is 1. The Morgan fingerprint density at radius 2 is 1.63 bits per heavy atom. The number of carbonyl (C=O) groups is 4. The predicted molar refractivity (Wildman–Crippen MR) is 165 cm³/mol. The van der Waals surface area contributed by atoms with Gasteiger partial charge in [0.25, 0.3) is 5.91 Å². The highest BCUT2D eigenvalue weighted by atomic mass is 32.2. The van der Waals surface area contributed by atoms with Crippen LogP contribution in [0.3, 0.4) is 0 Å². The summed E-state index contributed by atoms with van der Waals surface area (Å²) in [6, 6.07) is 25.9. The first-order chi connectivity index (χ1) is 20.8. The Morgan fingerprint density at radius 3 is 2.42 bits per heavy atom. The molecule has 4 rings (SSSR count). The van der Waals surface area contributed by atoms with Gasteiger partial charge in [0.2, 0.25) is 5.91 Å². The number of aliphatic carboxylic acids is 1. The van der Waals surface area contributed by atoms with Gasteiger partial charge in [0.15, 0.2) is 0 Å². The molecular formula is C32H32N4O6S. The van der Waals surface area contributed by atoms with Crippen LogP contribution in [0.5, 0.6) is 0 Å². The van der Waals surface area contributed by atoms with E-state index >= 15 is 0 Å². The summed E-state index contributed by atoms with van der Waals surface area (Å²) in [6.45, 7) is 1.90. The van der Waals surface area contributed by atoms with Crippen molar-refractivity contribution in [1.82, 2.24) is 15.6 Å². The number of nitrogens with one attached hydrogen (secondary N) is 3. The number of nitrogens with zero attached hydrogens (tertiary/aromatic N) is 1. The van der Waals surface area contributed by atoms with Crippen molar-refractivity contribution < 1.29 is 29.0 Å². The van der Waals surface area contributed by atoms with Crippen LogP contribution in [0, 0.1) is 0 Å². The van der Waals surface area contributed by atoms with Gasteiger partial charge in [-0.3, -0.25) is 14.4 Å². The fourth-order valence-corrected chi connectivity index (χ4v) is 4.98. The van der Waals surface area contributed by atoms with Crippen LogP contribution in [0.25, 0.3) is 10.9 Å². The zero-order valence-corrected chi connectivity index (χ0v) is 24.3. The average molecular weight is 601 g/mol. The molecule has 1 heterocycles. The van der Waals surface area contributed by atoms with Crippen LogP contribution in [0.4, 0.5) is 10.5 Å². The Morgan fingerprint density at radius 1 is 0.907 bits per heavy atom. The van der Waals surface area contributed by atoms with E-state index in [9.17, 15) is 24.3 Å². The van der Waals surface area contributed by atoms with Gasteiger partial charge in [-0.1, -0.05) is 66.7 Å².